The van der Waals surface area contributed by atoms with E-state index in [-0.39, 0.29) is 0 Å². The molecule has 3 nitrogen and oxygen atoms in total. The van der Waals surface area contributed by atoms with Crippen LogP contribution in [0, 0.1) is 0 Å². The average molecular weight is 111 g/mol. The smallest absolute Gasteiger partial charge is 0.235 e. The van der Waals surface area contributed by atoms with Crippen LogP contribution in [0.25, 0.3) is 0 Å². The Morgan fingerprint density at radius 2 is 3.00 bits per heavy atom. The summed E-state index contributed by atoms with van der Waals surface area (Å²) in [4.78, 5) is 0. The lowest BCUT2D eigenvalue weighted by Gasteiger charge is -1.77. The van der Waals surface area contributed by atoms with E-state index in [1.807, 2.05) is 4.57 Å². The van der Waals surface area contributed by atoms with Crippen LogP contribution >= 0.6 is 0 Å². The second kappa shape index (κ2) is 1.31. The maximum absolute atomic E-state index is 7.28. The number of fused-ring (bicyclic) bond motifs is 1. The van der Waals surface area contributed by atoms with E-state index in [2.05, 4.69) is 10.2 Å². The van der Waals surface area contributed by atoms with Crippen molar-refractivity contribution < 1.29 is 5.94 Å². The van der Waals surface area contributed by atoms with Gasteiger partial charge in [-0.25, -0.2) is 4.57 Å². The standard InChI is InChI=1S/C5H7N3/c1-2-5-7-6-4-8(5)3-1/h4H,1-3H2/p+1/i4D. The SMILES string of the molecule is [2H]c1[nH]nc2[n+]1CCC2. The minimum atomic E-state index is 0.433. The van der Waals surface area contributed by atoms with Crippen molar-refractivity contribution in [1.82, 2.24) is 10.2 Å². The number of rotatable bonds is 0. The Bertz CT molecular complexity index is 230. The number of nitrogens with one attached hydrogen (secondary N) is 1. The lowest BCUT2D eigenvalue weighted by atomic mass is 10.4. The molecule has 1 N–H and O–H groups in total. The van der Waals surface area contributed by atoms with Gasteiger partial charge in [0.1, 0.15) is 1.37 Å². The van der Waals surface area contributed by atoms with Gasteiger partial charge >= 0.3 is 0 Å². The Balaban J connectivity index is 2.56. The quantitative estimate of drug-likeness (QED) is 0.456. The van der Waals surface area contributed by atoms with E-state index in [0.717, 1.165) is 25.2 Å². The van der Waals surface area contributed by atoms with Crippen LogP contribution in [0.15, 0.2) is 6.30 Å². The molecule has 3 heteroatoms. The first-order valence-electron chi connectivity index (χ1n) is 3.31. The Hall–Kier alpha value is -0.860. The monoisotopic (exact) mass is 111 g/mol. The second-order valence-electron chi connectivity index (χ2n) is 2.01. The molecule has 2 rings (SSSR count). The molecule has 0 amide bonds. The Morgan fingerprint density at radius 1 is 2.00 bits per heavy atom. The van der Waals surface area contributed by atoms with E-state index in [9.17, 15) is 0 Å². The van der Waals surface area contributed by atoms with Gasteiger partial charge in [-0.3, -0.25) is 0 Å². The van der Waals surface area contributed by atoms with Gasteiger partial charge in [-0.05, 0) is 6.42 Å². The third kappa shape index (κ3) is 0.384. The summed E-state index contributed by atoms with van der Waals surface area (Å²) in [5, 5.41) is 6.57. The minimum absolute atomic E-state index is 0.433. The van der Waals surface area contributed by atoms with Crippen molar-refractivity contribution >= 4 is 0 Å². The molecule has 0 bridgehead atoms. The molecule has 1 aromatic rings. The number of hydrogen-bond donors (Lipinski definition) is 1. The molecule has 1 aromatic heterocycles. The van der Waals surface area contributed by atoms with Gasteiger partial charge in [-0.2, -0.15) is 0 Å². The first kappa shape index (κ1) is 3.22. The molecule has 0 aliphatic carbocycles. The molecule has 1 aliphatic heterocycles. The van der Waals surface area contributed by atoms with Crippen LogP contribution in [0.3, 0.4) is 0 Å². The summed E-state index contributed by atoms with van der Waals surface area (Å²) >= 11 is 0. The number of nitrogens with zero attached hydrogens (tertiary/aromatic N) is 2. The van der Waals surface area contributed by atoms with Crippen LogP contribution in [-0.2, 0) is 13.0 Å². The molecule has 0 saturated carbocycles. The maximum atomic E-state index is 7.28. The first-order valence-corrected chi connectivity index (χ1v) is 2.81. The van der Waals surface area contributed by atoms with E-state index < -0.39 is 0 Å². The molecular formula is C5H8N3+. The van der Waals surface area contributed by atoms with E-state index in [0.29, 0.717) is 6.30 Å². The van der Waals surface area contributed by atoms with Gasteiger partial charge in [0.25, 0.3) is 5.82 Å². The summed E-state index contributed by atoms with van der Waals surface area (Å²) in [5.74, 6) is 1.03. The zero-order valence-electron chi connectivity index (χ0n) is 5.52. The molecule has 0 aromatic carbocycles. The van der Waals surface area contributed by atoms with Crippen molar-refractivity contribution in [3.8, 4) is 0 Å². The largest absolute Gasteiger partial charge is 0.277 e. The summed E-state index contributed by atoms with van der Waals surface area (Å²) in [7, 11) is 0. The molecule has 2 heterocycles. The third-order valence-corrected chi connectivity index (χ3v) is 1.46. The first-order chi connectivity index (χ1) is 4.38. The van der Waals surface area contributed by atoms with E-state index in [4.69, 9.17) is 1.37 Å². The van der Waals surface area contributed by atoms with Gasteiger partial charge in [-0.1, -0.05) is 0 Å². The fraction of sp³-hybridized carbons (Fsp3) is 0.600. The Morgan fingerprint density at radius 3 is 3.88 bits per heavy atom. The number of H-pyrrole nitrogens is 1. The van der Waals surface area contributed by atoms with Crippen molar-refractivity contribution in [3.63, 3.8) is 0 Å². The predicted octanol–water partition coefficient (Wildman–Crippen LogP) is -0.357. The molecule has 1 aliphatic rings. The Labute approximate surface area is 48.8 Å². The van der Waals surface area contributed by atoms with Crippen molar-refractivity contribution in [2.24, 2.45) is 0 Å². The molecule has 0 fully saturated rings. The molecule has 0 spiro atoms. The zero-order chi connectivity index (χ0) is 6.27. The lowest BCUT2D eigenvalue weighted by Crippen LogP contribution is -2.29. The van der Waals surface area contributed by atoms with Crippen LogP contribution in [-0.4, -0.2) is 10.2 Å². The molecule has 42 valence electrons. The van der Waals surface area contributed by atoms with Crippen LogP contribution in [0.1, 0.15) is 13.6 Å². The molecule has 0 radical (unpaired) electrons. The number of aromatic amines is 1. The fourth-order valence-corrected chi connectivity index (χ4v) is 1.05. The second-order valence-corrected chi connectivity index (χ2v) is 2.01. The van der Waals surface area contributed by atoms with Crippen molar-refractivity contribution in [3.05, 3.63) is 12.1 Å². The van der Waals surface area contributed by atoms with Gasteiger partial charge < -0.3 is 0 Å². The summed E-state index contributed by atoms with van der Waals surface area (Å²) in [5.41, 5.74) is 0. The average Bonchev–Trinajstić information content (AvgIpc) is 2.35. The van der Waals surface area contributed by atoms with Crippen molar-refractivity contribution in [1.29, 1.82) is 0 Å². The third-order valence-electron chi connectivity index (χ3n) is 1.46. The van der Waals surface area contributed by atoms with E-state index >= 15 is 0 Å². The van der Waals surface area contributed by atoms with E-state index in [1.165, 1.54) is 0 Å². The van der Waals surface area contributed by atoms with Gasteiger partial charge in [0.2, 0.25) is 6.30 Å². The van der Waals surface area contributed by atoms with Gasteiger partial charge in [0.15, 0.2) is 0 Å². The number of aromatic nitrogens is 3. The summed E-state index contributed by atoms with van der Waals surface area (Å²) in [6, 6.07) is 0. The summed E-state index contributed by atoms with van der Waals surface area (Å²) in [6.45, 7) is 0.963. The highest BCUT2D eigenvalue weighted by Crippen LogP contribution is 1.98. The van der Waals surface area contributed by atoms with Gasteiger partial charge in [0, 0.05) is 11.5 Å². The number of aryl methyl sites for hydroxylation is 1. The lowest BCUT2D eigenvalue weighted by molar-refractivity contribution is -0.690. The molecular weight excluding hydrogens is 102 g/mol. The molecule has 0 atom stereocenters. The zero-order valence-corrected chi connectivity index (χ0v) is 4.52. The van der Waals surface area contributed by atoms with Gasteiger partial charge in [-0.15, -0.1) is 5.10 Å². The van der Waals surface area contributed by atoms with Crippen molar-refractivity contribution in [2.75, 3.05) is 0 Å². The topological polar surface area (TPSA) is 32.6 Å². The van der Waals surface area contributed by atoms with Crippen LogP contribution in [0.5, 0.6) is 0 Å². The van der Waals surface area contributed by atoms with Crippen molar-refractivity contribution in [2.45, 2.75) is 19.4 Å². The highest BCUT2D eigenvalue weighted by Gasteiger charge is 2.17. The molecule has 0 unspecified atom stereocenters. The normalized spacial score (nSPS) is 18.2. The van der Waals surface area contributed by atoms with Crippen LogP contribution in [0.2, 0.25) is 0 Å². The Kier molecular flexibility index (Phi) is 0.526. The van der Waals surface area contributed by atoms with E-state index in [1.54, 1.807) is 0 Å². The molecule has 0 saturated heterocycles. The van der Waals surface area contributed by atoms with Crippen LogP contribution in [0.4, 0.5) is 0 Å². The highest BCUT2D eigenvalue weighted by molar-refractivity contribution is 4.72. The van der Waals surface area contributed by atoms with Crippen LogP contribution < -0.4 is 4.57 Å². The summed E-state index contributed by atoms with van der Waals surface area (Å²) in [6.07, 6.45) is 2.60. The fourth-order valence-electron chi connectivity index (χ4n) is 1.05. The highest BCUT2D eigenvalue weighted by atomic mass is 15.3. The maximum Gasteiger partial charge on any atom is 0.277 e. The summed E-state index contributed by atoms with van der Waals surface area (Å²) < 4.78 is 9.18. The molecule has 8 heavy (non-hydrogen) atoms. The minimum Gasteiger partial charge on any atom is -0.235 e. The number of hydrogen-bond acceptors (Lipinski definition) is 1. The predicted molar refractivity (Wildman–Crippen MR) is 27.1 cm³/mol. The van der Waals surface area contributed by atoms with Gasteiger partial charge in [0.05, 0.1) is 6.54 Å².